The Morgan fingerprint density at radius 2 is 0.775 bits per heavy atom. The van der Waals surface area contributed by atoms with Crippen molar-refractivity contribution in [3.8, 4) is 0 Å². The fourth-order valence-corrected chi connectivity index (χ4v) is 8.20. The van der Waals surface area contributed by atoms with Crippen LogP contribution in [0.4, 0.5) is 17.1 Å². The highest BCUT2D eigenvalue weighted by Crippen LogP contribution is 2.21. The summed E-state index contributed by atoms with van der Waals surface area (Å²) in [5, 5.41) is 10.9. The topological polar surface area (TPSA) is 209 Å². The highest BCUT2D eigenvalue weighted by Gasteiger charge is 2.15. The fourth-order valence-electron chi connectivity index (χ4n) is 7.26. The highest BCUT2D eigenvalue weighted by atomic mass is 32.2. The van der Waals surface area contributed by atoms with Gasteiger partial charge in [-0.3, -0.25) is 14.4 Å². The number of nitrogens with one attached hydrogen (secondary N) is 3. The predicted molar refractivity (Wildman–Crippen MR) is 273 cm³/mol. The molecule has 2 aromatic heterocycles. The summed E-state index contributed by atoms with van der Waals surface area (Å²) in [5.41, 5.74) is 7.41. The highest BCUT2D eigenvalue weighted by molar-refractivity contribution is 7.86. The van der Waals surface area contributed by atoms with Crippen molar-refractivity contribution in [2.24, 2.45) is 0 Å². The first-order valence-electron chi connectivity index (χ1n) is 23.0. The Labute approximate surface area is 414 Å². The molecule has 366 valence electrons. The third kappa shape index (κ3) is 15.2. The molecule has 0 atom stereocenters. The van der Waals surface area contributed by atoms with E-state index < -0.39 is 20.2 Å². The second-order valence-electron chi connectivity index (χ2n) is 16.7. The molecule has 6 aromatic carbocycles. The van der Waals surface area contributed by atoms with Crippen molar-refractivity contribution in [2.45, 2.75) is 76.3 Å². The lowest BCUT2D eigenvalue weighted by Gasteiger charge is -2.09. The van der Waals surface area contributed by atoms with Crippen molar-refractivity contribution in [1.82, 2.24) is 0 Å². The standard InChI is InChI=1S/C41H39N5O3.2C7H8O3S/c1-3-5-23-45-25-7-9-32-27-35(19-21-37(32)45)43-40(48)30-13-11-29(12-14-30)39(47)42-34-17-15-31(16-18-34)41(49)44-36-20-22-38-33(28-36)10-8-26-46(38)24-6-4-2;2*1-6-2-4-7(5-3-6)11(8,9)10/h7-22,25-28H,3-6,23-24H2,1-2H3,(H-2,42,43,44,47,48,49);2*2-5H,1H3,(H,8,9,10). The summed E-state index contributed by atoms with van der Waals surface area (Å²) in [5.74, 6) is -0.808. The summed E-state index contributed by atoms with van der Waals surface area (Å²) >= 11 is 0. The number of carbonyl (C=O) groups is 3. The van der Waals surface area contributed by atoms with E-state index in [1.54, 1.807) is 72.8 Å². The van der Waals surface area contributed by atoms with Crippen LogP contribution in [0.2, 0.25) is 0 Å². The molecular formula is C55H55N5O9S2. The lowest BCUT2D eigenvalue weighted by atomic mass is 10.1. The van der Waals surface area contributed by atoms with E-state index in [1.807, 2.05) is 74.5 Å². The second kappa shape index (κ2) is 24.3. The van der Waals surface area contributed by atoms with Gasteiger partial charge < -0.3 is 25.1 Å². The molecule has 0 saturated carbocycles. The molecule has 0 unspecified atom stereocenters. The normalized spacial score (nSPS) is 11.1. The Morgan fingerprint density at radius 1 is 0.451 bits per heavy atom. The largest absolute Gasteiger partial charge is 0.744 e. The van der Waals surface area contributed by atoms with Gasteiger partial charge in [0.25, 0.3) is 17.7 Å². The molecule has 0 radical (unpaired) electrons. The average Bonchev–Trinajstić information content (AvgIpc) is 3.35. The van der Waals surface area contributed by atoms with Gasteiger partial charge in [0.2, 0.25) is 11.0 Å². The van der Waals surface area contributed by atoms with Gasteiger partial charge in [-0.25, -0.2) is 16.8 Å². The molecule has 0 saturated heterocycles. The Hall–Kier alpha value is -7.63. The Balaban J connectivity index is 0.000000306. The van der Waals surface area contributed by atoms with Crippen LogP contribution in [0.25, 0.3) is 21.8 Å². The van der Waals surface area contributed by atoms with E-state index in [4.69, 9.17) is 0 Å². The molecule has 0 fully saturated rings. The van der Waals surface area contributed by atoms with Crippen LogP contribution in [0.1, 0.15) is 81.7 Å². The van der Waals surface area contributed by atoms with Gasteiger partial charge in [-0.2, -0.15) is 9.13 Å². The van der Waals surface area contributed by atoms with E-state index in [2.05, 4.69) is 51.3 Å². The van der Waals surface area contributed by atoms with Crippen molar-refractivity contribution >= 4 is 76.8 Å². The minimum absolute atomic E-state index is 0.178. The molecule has 0 bridgehead atoms. The first kappa shape index (κ1) is 52.7. The van der Waals surface area contributed by atoms with E-state index >= 15 is 0 Å². The van der Waals surface area contributed by atoms with Crippen LogP contribution in [0.15, 0.2) is 180 Å². The maximum absolute atomic E-state index is 13.0. The summed E-state index contributed by atoms with van der Waals surface area (Å²) in [6.45, 7) is 9.90. The quantitative estimate of drug-likeness (QED) is 0.0699. The molecule has 0 aliphatic rings. The number of rotatable bonds is 14. The van der Waals surface area contributed by atoms with E-state index in [-0.39, 0.29) is 27.5 Å². The molecule has 3 amide bonds. The zero-order chi connectivity index (χ0) is 51.1. The van der Waals surface area contributed by atoms with Crippen LogP contribution >= 0.6 is 0 Å². The number of amides is 3. The van der Waals surface area contributed by atoms with Crippen molar-refractivity contribution < 1.29 is 49.5 Å². The second-order valence-corrected chi connectivity index (χ2v) is 19.5. The molecule has 0 aliphatic heterocycles. The van der Waals surface area contributed by atoms with E-state index in [0.29, 0.717) is 33.8 Å². The van der Waals surface area contributed by atoms with E-state index in [0.717, 1.165) is 71.7 Å². The number of hydrogen-bond donors (Lipinski definition) is 3. The van der Waals surface area contributed by atoms with Gasteiger partial charge in [0.15, 0.2) is 12.4 Å². The Kier molecular flexibility index (Phi) is 18.0. The van der Waals surface area contributed by atoms with E-state index in [9.17, 15) is 40.3 Å². The van der Waals surface area contributed by atoms with Crippen LogP contribution in [0.3, 0.4) is 0 Å². The number of aromatic nitrogens is 2. The zero-order valence-corrected chi connectivity index (χ0v) is 41.4. The van der Waals surface area contributed by atoms with Crippen molar-refractivity contribution in [3.63, 3.8) is 0 Å². The van der Waals surface area contributed by atoms with Crippen LogP contribution < -0.4 is 25.1 Å². The summed E-state index contributed by atoms with van der Waals surface area (Å²) < 4.78 is 66.8. The SMILES string of the molecule is CCCC[n+]1cccc2cc(NC(=O)c3ccc(NC(=O)c4ccc(C(=O)Nc5ccc6c(ccc[n+]6CCCC)c5)cc4)cc3)ccc21.Cc1ccc(S(=O)(=O)[O-])cc1.Cc1ccc(S(=O)(=O)[O-])cc1. The van der Waals surface area contributed by atoms with Crippen LogP contribution in [0.5, 0.6) is 0 Å². The summed E-state index contributed by atoms with van der Waals surface area (Å²) in [6, 6.07) is 44.8. The Bertz CT molecular complexity index is 3290. The lowest BCUT2D eigenvalue weighted by molar-refractivity contribution is -0.672. The molecule has 2 heterocycles. The van der Waals surface area contributed by atoms with Crippen LogP contribution in [-0.2, 0) is 33.3 Å². The third-order valence-electron chi connectivity index (χ3n) is 11.2. The van der Waals surface area contributed by atoms with Crippen LogP contribution in [0, 0.1) is 13.8 Å². The fraction of sp³-hybridized carbons (Fsp3) is 0.182. The zero-order valence-electron chi connectivity index (χ0n) is 39.8. The first-order chi connectivity index (χ1) is 33.9. The molecule has 71 heavy (non-hydrogen) atoms. The molecule has 8 aromatic rings. The number of hydrogen-bond acceptors (Lipinski definition) is 9. The number of anilines is 3. The van der Waals surface area contributed by atoms with E-state index in [1.165, 1.54) is 24.3 Å². The number of benzene rings is 6. The summed E-state index contributed by atoms with van der Waals surface area (Å²) in [6.07, 6.45) is 8.63. The van der Waals surface area contributed by atoms with Gasteiger partial charge in [-0.15, -0.1) is 0 Å². The number of unbranched alkanes of at least 4 members (excludes halogenated alkanes) is 2. The maximum atomic E-state index is 13.0. The Morgan fingerprint density at radius 3 is 1.11 bits per heavy atom. The minimum Gasteiger partial charge on any atom is -0.744 e. The molecule has 16 heteroatoms. The van der Waals surface area contributed by atoms with Gasteiger partial charge in [0, 0.05) is 81.6 Å². The van der Waals surface area contributed by atoms with Crippen molar-refractivity contribution in [1.29, 1.82) is 0 Å². The third-order valence-corrected chi connectivity index (χ3v) is 12.9. The summed E-state index contributed by atoms with van der Waals surface area (Å²) in [7, 11) is -8.54. The molecule has 14 nitrogen and oxygen atoms in total. The number of pyridine rings is 2. The number of carbonyl (C=O) groups excluding carboxylic acids is 3. The van der Waals surface area contributed by atoms with Crippen LogP contribution in [-0.4, -0.2) is 43.7 Å². The van der Waals surface area contributed by atoms with Gasteiger partial charge in [-0.1, -0.05) is 62.1 Å². The lowest BCUT2D eigenvalue weighted by Crippen LogP contribution is -2.33. The predicted octanol–water partition coefficient (Wildman–Crippen LogP) is 9.72. The molecule has 8 rings (SSSR count). The monoisotopic (exact) mass is 993 g/mol. The average molecular weight is 994 g/mol. The summed E-state index contributed by atoms with van der Waals surface area (Å²) in [4.78, 5) is 38.6. The minimum atomic E-state index is -4.27. The maximum Gasteiger partial charge on any atom is 0.255 e. The molecule has 3 N–H and O–H groups in total. The number of aryl methyl sites for hydroxylation is 4. The van der Waals surface area contributed by atoms with Gasteiger partial charge >= 0.3 is 0 Å². The van der Waals surface area contributed by atoms with Crippen molar-refractivity contribution in [3.05, 3.63) is 198 Å². The number of nitrogens with zero attached hydrogens (tertiary/aromatic N) is 2. The van der Waals surface area contributed by atoms with Gasteiger partial charge in [0.1, 0.15) is 33.3 Å². The first-order valence-corrected chi connectivity index (χ1v) is 25.8. The molecule has 0 aliphatic carbocycles. The van der Waals surface area contributed by atoms with Gasteiger partial charge in [-0.05, 0) is 123 Å². The molecular weight excluding hydrogens is 939 g/mol. The van der Waals surface area contributed by atoms with Gasteiger partial charge in [0.05, 0.1) is 9.79 Å². The number of fused-ring (bicyclic) bond motifs is 2. The van der Waals surface area contributed by atoms with Crippen molar-refractivity contribution in [2.75, 3.05) is 16.0 Å². The smallest absolute Gasteiger partial charge is 0.255 e. The molecule has 0 spiro atoms.